The fourth-order valence-corrected chi connectivity index (χ4v) is 1.31. The van der Waals surface area contributed by atoms with Crippen LogP contribution in [-0.2, 0) is 4.79 Å². The molecule has 0 atom stereocenters. The van der Waals surface area contributed by atoms with E-state index in [0.29, 0.717) is 5.69 Å². The van der Waals surface area contributed by atoms with Crippen LogP contribution in [0.25, 0.3) is 0 Å². The molecule has 16 heavy (non-hydrogen) atoms. The average molecular weight is 247 g/mol. The smallest absolute Gasteiger partial charge is 0.395 e. The number of amides is 1. The molecule has 0 bridgehead atoms. The van der Waals surface area contributed by atoms with Crippen molar-refractivity contribution in [1.82, 2.24) is 0 Å². The van der Waals surface area contributed by atoms with E-state index in [-0.39, 0.29) is 23.2 Å². The first kappa shape index (κ1) is 11.0. The van der Waals surface area contributed by atoms with Gasteiger partial charge in [0, 0.05) is 11.8 Å². The number of alkyl halides is 2. The van der Waals surface area contributed by atoms with Crippen LogP contribution in [0.1, 0.15) is 0 Å². The standard InChI is InChI=1S/C9H7F2NO3S/c10-9(11)14-6-2-1-5(3-7(6)15-9)12-8(13)4-16/h1-3,16H,4H2,(H,12,13). The molecule has 0 fully saturated rings. The molecular formula is C9H7F2NO3S. The summed E-state index contributed by atoms with van der Waals surface area (Å²) in [6.07, 6.45) is -3.64. The lowest BCUT2D eigenvalue weighted by molar-refractivity contribution is -0.286. The fourth-order valence-electron chi connectivity index (χ4n) is 1.23. The van der Waals surface area contributed by atoms with Gasteiger partial charge in [-0.25, -0.2) is 0 Å². The molecule has 1 aliphatic rings. The molecular weight excluding hydrogens is 240 g/mol. The van der Waals surface area contributed by atoms with Gasteiger partial charge in [0.15, 0.2) is 11.5 Å². The normalized spacial score (nSPS) is 15.9. The Hall–Kier alpha value is -1.50. The largest absolute Gasteiger partial charge is 0.586 e. The third-order valence-corrected chi connectivity index (χ3v) is 2.12. The molecule has 0 unspecified atom stereocenters. The highest BCUT2D eigenvalue weighted by Gasteiger charge is 2.43. The molecule has 1 aliphatic heterocycles. The predicted octanol–water partition coefficient (Wildman–Crippen LogP) is 1.88. The van der Waals surface area contributed by atoms with Crippen molar-refractivity contribution in [1.29, 1.82) is 0 Å². The molecule has 1 amide bonds. The van der Waals surface area contributed by atoms with Crippen molar-refractivity contribution in [3.63, 3.8) is 0 Å². The van der Waals surface area contributed by atoms with Gasteiger partial charge < -0.3 is 14.8 Å². The van der Waals surface area contributed by atoms with Gasteiger partial charge in [0.1, 0.15) is 0 Å². The van der Waals surface area contributed by atoms with Crippen molar-refractivity contribution >= 4 is 24.2 Å². The minimum atomic E-state index is -3.64. The lowest BCUT2D eigenvalue weighted by atomic mass is 10.3. The number of fused-ring (bicyclic) bond motifs is 1. The summed E-state index contributed by atoms with van der Waals surface area (Å²) in [4.78, 5) is 11.0. The van der Waals surface area contributed by atoms with Crippen molar-refractivity contribution in [3.8, 4) is 11.5 Å². The summed E-state index contributed by atoms with van der Waals surface area (Å²) < 4.78 is 33.7. The number of carbonyl (C=O) groups excluding carboxylic acids is 1. The van der Waals surface area contributed by atoms with Gasteiger partial charge in [0.05, 0.1) is 5.75 Å². The molecule has 2 rings (SSSR count). The predicted molar refractivity (Wildman–Crippen MR) is 55.1 cm³/mol. The molecule has 0 aromatic heterocycles. The second-order valence-electron chi connectivity index (χ2n) is 3.04. The van der Waals surface area contributed by atoms with Crippen molar-refractivity contribution in [2.45, 2.75) is 6.29 Å². The Labute approximate surface area is 94.9 Å². The van der Waals surface area contributed by atoms with E-state index in [4.69, 9.17) is 0 Å². The summed E-state index contributed by atoms with van der Waals surface area (Å²) in [6, 6.07) is 3.99. The number of hydrogen-bond acceptors (Lipinski definition) is 4. The summed E-state index contributed by atoms with van der Waals surface area (Å²) in [5.41, 5.74) is 0.346. The number of thiol groups is 1. The summed E-state index contributed by atoms with van der Waals surface area (Å²) in [6.45, 7) is 0. The van der Waals surface area contributed by atoms with Gasteiger partial charge in [-0.3, -0.25) is 4.79 Å². The highest BCUT2D eigenvalue weighted by molar-refractivity contribution is 7.81. The maximum Gasteiger partial charge on any atom is 0.586 e. The van der Waals surface area contributed by atoms with E-state index in [1.165, 1.54) is 18.2 Å². The fraction of sp³-hybridized carbons (Fsp3) is 0.222. The maximum atomic E-state index is 12.7. The molecule has 0 aliphatic carbocycles. The first-order chi connectivity index (χ1) is 7.50. The summed E-state index contributed by atoms with van der Waals surface area (Å²) in [7, 11) is 0. The van der Waals surface area contributed by atoms with Gasteiger partial charge in [-0.2, -0.15) is 12.6 Å². The third kappa shape index (κ3) is 2.19. The van der Waals surface area contributed by atoms with Crippen LogP contribution < -0.4 is 14.8 Å². The number of benzene rings is 1. The summed E-state index contributed by atoms with van der Waals surface area (Å²) in [5.74, 6) is -0.505. The van der Waals surface area contributed by atoms with Crippen LogP contribution >= 0.6 is 12.6 Å². The number of hydrogen-bond donors (Lipinski definition) is 2. The molecule has 86 valence electrons. The molecule has 0 spiro atoms. The highest BCUT2D eigenvalue weighted by Crippen LogP contribution is 2.42. The number of anilines is 1. The minimum Gasteiger partial charge on any atom is -0.395 e. The van der Waals surface area contributed by atoms with Crippen LogP contribution in [0.3, 0.4) is 0 Å². The van der Waals surface area contributed by atoms with Crippen LogP contribution in [0.2, 0.25) is 0 Å². The van der Waals surface area contributed by atoms with Gasteiger partial charge >= 0.3 is 6.29 Å². The Bertz CT molecular complexity index is 439. The highest BCUT2D eigenvalue weighted by atomic mass is 32.1. The van der Waals surface area contributed by atoms with Crippen LogP contribution in [0.4, 0.5) is 14.5 Å². The monoisotopic (exact) mass is 247 g/mol. The zero-order chi connectivity index (χ0) is 11.8. The van der Waals surface area contributed by atoms with Crippen LogP contribution in [0.15, 0.2) is 18.2 Å². The SMILES string of the molecule is O=C(CS)Nc1ccc2c(c1)OC(F)(F)O2. The zero-order valence-corrected chi connectivity index (χ0v) is 8.76. The van der Waals surface area contributed by atoms with Crippen molar-refractivity contribution in [3.05, 3.63) is 18.2 Å². The molecule has 1 aromatic rings. The Morgan fingerprint density at radius 2 is 2.06 bits per heavy atom. The number of nitrogens with one attached hydrogen (secondary N) is 1. The van der Waals surface area contributed by atoms with Crippen LogP contribution in [-0.4, -0.2) is 18.0 Å². The topological polar surface area (TPSA) is 47.6 Å². The number of carbonyl (C=O) groups is 1. The van der Waals surface area contributed by atoms with Crippen molar-refractivity contribution in [2.75, 3.05) is 11.1 Å². The lowest BCUT2D eigenvalue weighted by Gasteiger charge is -2.04. The van der Waals surface area contributed by atoms with E-state index < -0.39 is 6.29 Å². The zero-order valence-electron chi connectivity index (χ0n) is 7.87. The molecule has 1 aromatic carbocycles. The Morgan fingerprint density at radius 1 is 1.38 bits per heavy atom. The molecule has 1 heterocycles. The molecule has 7 heteroatoms. The molecule has 0 saturated carbocycles. The van der Waals surface area contributed by atoms with Crippen molar-refractivity contribution < 1.29 is 23.0 Å². The second-order valence-corrected chi connectivity index (χ2v) is 3.35. The van der Waals surface area contributed by atoms with E-state index >= 15 is 0 Å². The second kappa shape index (κ2) is 3.82. The van der Waals surface area contributed by atoms with Gasteiger partial charge in [0.2, 0.25) is 5.91 Å². The maximum absolute atomic E-state index is 12.7. The van der Waals surface area contributed by atoms with E-state index in [1.807, 2.05) is 0 Å². The molecule has 4 nitrogen and oxygen atoms in total. The summed E-state index contributed by atoms with van der Waals surface area (Å²) >= 11 is 3.77. The minimum absolute atomic E-state index is 0.00457. The summed E-state index contributed by atoms with van der Waals surface area (Å²) in [5, 5.41) is 2.45. The van der Waals surface area contributed by atoms with Gasteiger partial charge in [0.25, 0.3) is 0 Å². The van der Waals surface area contributed by atoms with E-state index in [1.54, 1.807) is 0 Å². The third-order valence-electron chi connectivity index (χ3n) is 1.83. The number of ether oxygens (including phenoxy) is 2. The van der Waals surface area contributed by atoms with E-state index in [9.17, 15) is 13.6 Å². The molecule has 0 saturated heterocycles. The number of halogens is 2. The van der Waals surface area contributed by atoms with Gasteiger partial charge in [-0.15, -0.1) is 8.78 Å². The van der Waals surface area contributed by atoms with Crippen molar-refractivity contribution in [2.24, 2.45) is 0 Å². The first-order valence-electron chi connectivity index (χ1n) is 4.31. The van der Waals surface area contributed by atoms with Crippen LogP contribution in [0, 0.1) is 0 Å². The molecule has 1 N–H and O–H groups in total. The Morgan fingerprint density at radius 3 is 2.75 bits per heavy atom. The van der Waals surface area contributed by atoms with Gasteiger partial charge in [-0.05, 0) is 12.1 Å². The van der Waals surface area contributed by atoms with Gasteiger partial charge in [-0.1, -0.05) is 0 Å². The van der Waals surface area contributed by atoms with E-state index in [2.05, 4.69) is 27.4 Å². The van der Waals surface area contributed by atoms with E-state index in [0.717, 1.165) is 0 Å². The van der Waals surface area contributed by atoms with Crippen LogP contribution in [0.5, 0.6) is 11.5 Å². The first-order valence-corrected chi connectivity index (χ1v) is 4.94. The number of rotatable bonds is 2. The Balaban J connectivity index is 2.19. The average Bonchev–Trinajstić information content (AvgIpc) is 2.51. The Kier molecular flexibility index (Phi) is 2.63. The molecule has 0 radical (unpaired) electrons. The quantitative estimate of drug-likeness (QED) is 0.784. The lowest BCUT2D eigenvalue weighted by Crippen LogP contribution is -2.25.